The topological polar surface area (TPSA) is 78.9 Å². The van der Waals surface area contributed by atoms with Crippen molar-refractivity contribution in [2.24, 2.45) is 0 Å². The first-order chi connectivity index (χ1) is 32.5. The van der Waals surface area contributed by atoms with Crippen molar-refractivity contribution in [1.29, 1.82) is 0 Å². The number of allylic oxidation sites excluding steroid dienone is 18. The molecule has 0 aromatic heterocycles. The van der Waals surface area contributed by atoms with Gasteiger partial charge in [0.25, 0.3) is 0 Å². The zero-order valence-corrected chi connectivity index (χ0v) is 42.7. The summed E-state index contributed by atoms with van der Waals surface area (Å²) in [5, 5.41) is 0. The number of ether oxygens (including phenoxy) is 3. The second-order valence-electron chi connectivity index (χ2n) is 17.4. The van der Waals surface area contributed by atoms with Gasteiger partial charge in [0.2, 0.25) is 0 Å². The van der Waals surface area contributed by atoms with Crippen molar-refractivity contribution in [2.75, 3.05) is 13.2 Å². The van der Waals surface area contributed by atoms with E-state index in [1.807, 2.05) is 6.08 Å². The Bertz CT molecular complexity index is 1370. The molecule has 6 nitrogen and oxygen atoms in total. The van der Waals surface area contributed by atoms with Crippen LogP contribution in [0.5, 0.6) is 0 Å². The molecule has 0 fully saturated rings. The van der Waals surface area contributed by atoms with Gasteiger partial charge in [-0.25, -0.2) is 0 Å². The van der Waals surface area contributed by atoms with E-state index in [-0.39, 0.29) is 37.5 Å². The summed E-state index contributed by atoms with van der Waals surface area (Å²) >= 11 is 0. The molecule has 0 aliphatic rings. The van der Waals surface area contributed by atoms with Crippen LogP contribution >= 0.6 is 0 Å². The van der Waals surface area contributed by atoms with Gasteiger partial charge in [-0.1, -0.05) is 246 Å². The fraction of sp³-hybridized carbons (Fsp3) is 0.650. The minimum Gasteiger partial charge on any atom is -0.462 e. The maximum Gasteiger partial charge on any atom is 0.306 e. The van der Waals surface area contributed by atoms with E-state index in [1.165, 1.54) is 83.5 Å². The molecule has 0 radical (unpaired) electrons. The molecule has 0 rings (SSSR count). The minimum atomic E-state index is -0.817. The van der Waals surface area contributed by atoms with E-state index < -0.39 is 6.10 Å². The van der Waals surface area contributed by atoms with E-state index >= 15 is 0 Å². The van der Waals surface area contributed by atoms with E-state index in [0.717, 1.165) is 103 Å². The minimum absolute atomic E-state index is 0.112. The number of carbonyl (C=O) groups excluding carboxylic acids is 3. The molecule has 0 aromatic rings. The van der Waals surface area contributed by atoms with E-state index in [4.69, 9.17) is 14.2 Å². The molecule has 1 unspecified atom stereocenters. The van der Waals surface area contributed by atoms with Crippen molar-refractivity contribution in [3.8, 4) is 0 Å². The van der Waals surface area contributed by atoms with Crippen molar-refractivity contribution in [3.05, 3.63) is 109 Å². The lowest BCUT2D eigenvalue weighted by atomic mass is 10.0. The Morgan fingerprint density at radius 1 is 0.333 bits per heavy atom. The quantitative estimate of drug-likeness (QED) is 0.0199. The van der Waals surface area contributed by atoms with Crippen LogP contribution in [0.4, 0.5) is 0 Å². The highest BCUT2D eigenvalue weighted by atomic mass is 16.6. The van der Waals surface area contributed by atoms with Gasteiger partial charge in [0.1, 0.15) is 13.2 Å². The third-order valence-electron chi connectivity index (χ3n) is 11.1. The first-order valence-corrected chi connectivity index (χ1v) is 26.9. The summed E-state index contributed by atoms with van der Waals surface area (Å²) in [6, 6.07) is 0. The summed E-state index contributed by atoms with van der Waals surface area (Å²) in [7, 11) is 0. The molecule has 0 saturated heterocycles. The molecule has 0 aliphatic heterocycles. The summed E-state index contributed by atoms with van der Waals surface area (Å²) in [4.78, 5) is 38.0. The Labute approximate surface area is 406 Å². The summed E-state index contributed by atoms with van der Waals surface area (Å²) in [6.07, 6.45) is 72.3. The first kappa shape index (κ1) is 62.1. The molecule has 6 heteroatoms. The maximum absolute atomic E-state index is 12.8. The molecule has 0 saturated carbocycles. The van der Waals surface area contributed by atoms with Gasteiger partial charge in [-0.3, -0.25) is 14.4 Å². The lowest BCUT2D eigenvalue weighted by Gasteiger charge is -2.18. The summed E-state index contributed by atoms with van der Waals surface area (Å²) in [5.74, 6) is -1.02. The van der Waals surface area contributed by atoms with Gasteiger partial charge < -0.3 is 14.2 Å². The average Bonchev–Trinajstić information content (AvgIpc) is 3.31. The summed E-state index contributed by atoms with van der Waals surface area (Å²) in [6.45, 7) is 6.31. The fourth-order valence-corrected chi connectivity index (χ4v) is 7.11. The Kier molecular flexibility index (Phi) is 50.5. The largest absolute Gasteiger partial charge is 0.462 e. The monoisotopic (exact) mass is 915 g/mol. The molecule has 66 heavy (non-hydrogen) atoms. The number of hydrogen-bond acceptors (Lipinski definition) is 6. The predicted molar refractivity (Wildman–Crippen MR) is 283 cm³/mol. The summed E-state index contributed by atoms with van der Waals surface area (Å²) < 4.78 is 16.7. The van der Waals surface area contributed by atoms with Crippen LogP contribution in [0.25, 0.3) is 0 Å². The highest BCUT2D eigenvalue weighted by Crippen LogP contribution is 2.15. The molecular formula is C60H98O6. The van der Waals surface area contributed by atoms with Crippen LogP contribution in [0.2, 0.25) is 0 Å². The molecule has 374 valence electrons. The third-order valence-corrected chi connectivity index (χ3v) is 11.1. The maximum atomic E-state index is 12.8. The van der Waals surface area contributed by atoms with E-state index in [1.54, 1.807) is 0 Å². The van der Waals surface area contributed by atoms with Crippen molar-refractivity contribution in [1.82, 2.24) is 0 Å². The van der Waals surface area contributed by atoms with Crippen LogP contribution in [0.1, 0.15) is 233 Å². The van der Waals surface area contributed by atoms with Crippen LogP contribution in [-0.2, 0) is 28.6 Å². The molecule has 0 spiro atoms. The number of hydrogen-bond donors (Lipinski definition) is 0. The highest BCUT2D eigenvalue weighted by Gasteiger charge is 2.19. The summed E-state index contributed by atoms with van der Waals surface area (Å²) in [5.41, 5.74) is 0. The Hall–Kier alpha value is -3.93. The smallest absolute Gasteiger partial charge is 0.306 e. The van der Waals surface area contributed by atoms with Crippen LogP contribution in [0.3, 0.4) is 0 Å². The van der Waals surface area contributed by atoms with Gasteiger partial charge in [-0.15, -0.1) is 0 Å². The van der Waals surface area contributed by atoms with Crippen molar-refractivity contribution < 1.29 is 28.6 Å². The molecule has 1 atom stereocenters. The molecule has 0 aromatic carbocycles. The number of carbonyl (C=O) groups is 3. The predicted octanol–water partition coefficient (Wildman–Crippen LogP) is 17.9. The Morgan fingerprint density at radius 3 is 1.15 bits per heavy atom. The van der Waals surface area contributed by atoms with Crippen LogP contribution in [0.15, 0.2) is 109 Å². The van der Waals surface area contributed by atoms with E-state index in [9.17, 15) is 14.4 Å². The van der Waals surface area contributed by atoms with Crippen molar-refractivity contribution in [3.63, 3.8) is 0 Å². The third kappa shape index (κ3) is 51.1. The lowest BCUT2D eigenvalue weighted by molar-refractivity contribution is -0.166. The molecule has 0 amide bonds. The Balaban J connectivity index is 4.51. The zero-order valence-electron chi connectivity index (χ0n) is 42.7. The van der Waals surface area contributed by atoms with Gasteiger partial charge in [0.05, 0.1) is 0 Å². The van der Waals surface area contributed by atoms with Crippen LogP contribution in [-0.4, -0.2) is 37.2 Å². The lowest BCUT2D eigenvalue weighted by Crippen LogP contribution is -2.30. The van der Waals surface area contributed by atoms with Gasteiger partial charge >= 0.3 is 17.9 Å². The normalized spacial score (nSPS) is 13.0. The fourth-order valence-electron chi connectivity index (χ4n) is 7.11. The Morgan fingerprint density at radius 2 is 0.697 bits per heavy atom. The van der Waals surface area contributed by atoms with E-state index in [0.29, 0.717) is 19.3 Å². The second-order valence-corrected chi connectivity index (χ2v) is 17.4. The van der Waals surface area contributed by atoms with Gasteiger partial charge in [-0.05, 0) is 77.0 Å². The molecule has 0 heterocycles. The molecule has 0 N–H and O–H groups in total. The SMILES string of the molecule is CC/C=C/C=C/C=C/CCCCCCCC(=O)OCC(COC(=O)CC/C=C/C/C=C/C/C=C/C/C=C/C/C=C/C/C=C/CC)OC(=O)CCCCCCCCCCCCCCCCCC. The van der Waals surface area contributed by atoms with Gasteiger partial charge in [0.15, 0.2) is 6.10 Å². The second kappa shape index (κ2) is 53.7. The number of esters is 3. The van der Waals surface area contributed by atoms with E-state index in [2.05, 4.69) is 124 Å². The van der Waals surface area contributed by atoms with Crippen molar-refractivity contribution in [2.45, 2.75) is 239 Å². The number of unbranched alkanes of at least 4 members (excludes halogenated alkanes) is 20. The number of rotatable bonds is 47. The molecule has 0 bridgehead atoms. The standard InChI is InChI=1S/C60H98O6/c1-4-7-10-13-16-19-22-25-27-29-30-31-33-35-38-41-44-47-50-53-59(62)65-56-57(55-64-58(61)52-49-46-43-40-37-34-24-21-18-15-12-9-6-3)66-60(63)54-51-48-45-42-39-36-32-28-26-23-20-17-14-11-8-5-2/h7,9-10,12,15-16,18-19,21,24-25,27,30-31,35,38,44,47,57H,4-6,8,11,13-14,17,20,22-23,26,28-29,32-34,36-37,39-43,45-46,48-56H2,1-3H3/b10-7+,12-9+,18-15+,19-16+,24-21+,27-25+,31-30+,38-35+,47-44+. The van der Waals surface area contributed by atoms with Crippen LogP contribution < -0.4 is 0 Å². The van der Waals surface area contributed by atoms with Gasteiger partial charge in [-0.2, -0.15) is 0 Å². The van der Waals surface area contributed by atoms with Crippen LogP contribution in [0, 0.1) is 0 Å². The average molecular weight is 915 g/mol. The van der Waals surface area contributed by atoms with Gasteiger partial charge in [0, 0.05) is 19.3 Å². The zero-order chi connectivity index (χ0) is 47.9. The first-order valence-electron chi connectivity index (χ1n) is 26.9. The molecule has 0 aliphatic carbocycles. The highest BCUT2D eigenvalue weighted by molar-refractivity contribution is 5.71. The van der Waals surface area contributed by atoms with Crippen molar-refractivity contribution >= 4 is 17.9 Å². The molecular weight excluding hydrogens is 817 g/mol.